The van der Waals surface area contributed by atoms with Gasteiger partial charge in [0.2, 0.25) is 0 Å². The van der Waals surface area contributed by atoms with Crippen LogP contribution in [0.25, 0.3) is 0 Å². The molecule has 0 saturated carbocycles. The Hall–Kier alpha value is 0.681. The zero-order valence-corrected chi connectivity index (χ0v) is 39.2. The minimum Gasteiger partial charge on any atom is -0.373 e. The number of hydrogen-bond donors (Lipinski definition) is 1. The summed E-state index contributed by atoms with van der Waals surface area (Å²) in [5, 5.41) is 0.432. The molecule has 0 atom stereocenters. The number of thioether (sulfide) groups is 2. The highest BCUT2D eigenvalue weighted by Crippen LogP contribution is 2.29. The van der Waals surface area contributed by atoms with Gasteiger partial charge in [-0.25, -0.2) is 18.3 Å². The van der Waals surface area contributed by atoms with Gasteiger partial charge >= 0.3 is 26.4 Å². The molecule has 0 saturated heterocycles. The molecule has 0 N–H and O–H groups in total. The second-order valence-corrected chi connectivity index (χ2v) is 22.8. The van der Waals surface area contributed by atoms with Crippen LogP contribution in [-0.2, 0) is 50.0 Å². The number of thiol groups is 1. The third-order valence-electron chi connectivity index (χ3n) is 7.80. The number of unbranched alkanes of at least 4 members (excludes halogenated alkanes) is 8. The monoisotopic (exact) mass is 850 g/mol. The second-order valence-electron chi connectivity index (χ2n) is 12.4. The summed E-state index contributed by atoms with van der Waals surface area (Å²) >= 11 is 7.15. The molecule has 0 amide bonds. The molecule has 0 radical (unpaired) electrons. The number of carbonyl (C=O) groups excluding carboxylic acids is 2. The number of hydrogen-bond acceptors (Lipinski definition) is 14. The average Bonchev–Trinajstić information content (AvgIpc) is 3.13. The van der Waals surface area contributed by atoms with Gasteiger partial charge in [0.25, 0.3) is 0 Å². The molecular weight excluding hydrogens is 777 g/mol. The molecule has 17 heteroatoms. The molecular formula is C35H74O11S3Si3. The van der Waals surface area contributed by atoms with E-state index in [2.05, 4.69) is 26.5 Å². The fraction of sp³-hybridized carbons (Fsp3) is 0.943. The molecule has 11 nitrogen and oxygen atoms in total. The van der Waals surface area contributed by atoms with Gasteiger partial charge in [-0.15, -0.1) is 0 Å². The predicted octanol–water partition coefficient (Wildman–Crippen LogP) is 10.2. The van der Waals surface area contributed by atoms with E-state index in [9.17, 15) is 9.59 Å². The number of carbonyl (C=O) groups is 2. The van der Waals surface area contributed by atoms with E-state index in [1.807, 2.05) is 34.6 Å². The molecule has 0 aromatic carbocycles. The molecule has 0 unspecified atom stereocenters. The van der Waals surface area contributed by atoms with Crippen LogP contribution in [0, 0.1) is 0 Å². The van der Waals surface area contributed by atoms with Crippen LogP contribution >= 0.6 is 36.2 Å². The largest absolute Gasteiger partial charge is 0.555 e. The maximum absolute atomic E-state index is 12.5. The van der Waals surface area contributed by atoms with Gasteiger partial charge in [0, 0.05) is 75.5 Å². The molecule has 0 aliphatic rings. The van der Waals surface area contributed by atoms with Gasteiger partial charge in [-0.3, -0.25) is 9.59 Å². The van der Waals surface area contributed by atoms with Crippen LogP contribution in [0.3, 0.4) is 0 Å². The fourth-order valence-electron chi connectivity index (χ4n) is 5.26. The summed E-state index contributed by atoms with van der Waals surface area (Å²) < 4.78 is 55.7. The van der Waals surface area contributed by atoms with Crippen molar-refractivity contribution in [2.75, 3.05) is 50.3 Å². The minimum atomic E-state index is -3.70. The first-order chi connectivity index (χ1) is 25.2. The van der Waals surface area contributed by atoms with E-state index >= 15 is 0 Å². The maximum atomic E-state index is 12.5. The van der Waals surface area contributed by atoms with Crippen LogP contribution in [0.2, 0.25) is 18.1 Å². The first kappa shape index (κ1) is 52.7. The highest BCUT2D eigenvalue weighted by molar-refractivity contribution is 8.13. The van der Waals surface area contributed by atoms with Crippen molar-refractivity contribution in [3.63, 3.8) is 0 Å². The zero-order chi connectivity index (χ0) is 38.8. The fourth-order valence-corrected chi connectivity index (χ4v) is 15.4. The van der Waals surface area contributed by atoms with Crippen LogP contribution in [-0.4, -0.2) is 86.9 Å². The lowest BCUT2D eigenvalue weighted by Gasteiger charge is -2.35. The van der Waals surface area contributed by atoms with Crippen molar-refractivity contribution in [3.8, 4) is 0 Å². The maximum Gasteiger partial charge on any atom is 0.555 e. The van der Waals surface area contributed by atoms with Gasteiger partial charge in [0.05, 0.1) is 0 Å². The van der Waals surface area contributed by atoms with Crippen molar-refractivity contribution in [2.45, 2.75) is 163 Å². The average molecular weight is 851 g/mol. The molecule has 52 heavy (non-hydrogen) atoms. The van der Waals surface area contributed by atoms with Gasteiger partial charge in [-0.1, -0.05) is 88.7 Å². The molecule has 310 valence electrons. The van der Waals surface area contributed by atoms with Crippen molar-refractivity contribution in [1.82, 2.24) is 0 Å². The van der Waals surface area contributed by atoms with Crippen LogP contribution in [0.5, 0.6) is 0 Å². The molecule has 0 heterocycles. The summed E-state index contributed by atoms with van der Waals surface area (Å²) in [4.78, 5) is 25.0. The van der Waals surface area contributed by atoms with Gasteiger partial charge in [0.1, 0.15) is 0 Å². The Balaban J connectivity index is 5.67. The summed E-state index contributed by atoms with van der Waals surface area (Å²) in [7, 11) is -10.4. The Morgan fingerprint density at radius 2 is 0.769 bits per heavy atom. The Bertz CT molecular complexity index is 798. The first-order valence-electron chi connectivity index (χ1n) is 20.0. The standard InChI is InChI=1S/C35H74O11S3Si3/c1-8-15-17-19-21-26-34(36)48-29-24-32-50(38-10-3,39-11-4)43-45-52(42-14-7,31-23-28-47)46-44-51(40-12-5,41-13-6)33-25-30-49-35(37)27-22-20-18-16-9-2/h47H,8-33H2,1-7H3. The van der Waals surface area contributed by atoms with E-state index < -0.39 is 26.4 Å². The molecule has 0 bridgehead atoms. The molecule has 0 rings (SSSR count). The van der Waals surface area contributed by atoms with Crippen LogP contribution < -0.4 is 0 Å². The van der Waals surface area contributed by atoms with E-state index in [0.717, 1.165) is 25.7 Å². The quantitative estimate of drug-likeness (QED) is 0.0208. The van der Waals surface area contributed by atoms with Gasteiger partial charge in [-0.2, -0.15) is 12.6 Å². The van der Waals surface area contributed by atoms with Crippen LogP contribution in [0.4, 0.5) is 0 Å². The Morgan fingerprint density at radius 1 is 0.442 bits per heavy atom. The molecule has 0 fully saturated rings. The molecule has 0 aromatic heterocycles. The van der Waals surface area contributed by atoms with E-state index in [1.165, 1.54) is 62.0 Å². The van der Waals surface area contributed by atoms with E-state index in [4.69, 9.17) is 40.4 Å². The summed E-state index contributed by atoms with van der Waals surface area (Å²) in [6.07, 6.45) is 14.4. The van der Waals surface area contributed by atoms with Crippen LogP contribution in [0.15, 0.2) is 0 Å². The number of rotatable bonds is 39. The van der Waals surface area contributed by atoms with Crippen molar-refractivity contribution in [1.29, 1.82) is 0 Å². The van der Waals surface area contributed by atoms with E-state index in [0.29, 0.717) is 93.9 Å². The summed E-state index contributed by atoms with van der Waals surface area (Å²) in [6.45, 7) is 15.5. The Labute approximate surface area is 334 Å². The van der Waals surface area contributed by atoms with Gasteiger partial charge < -0.3 is 22.1 Å². The molecule has 0 aromatic rings. The predicted molar refractivity (Wildman–Crippen MR) is 224 cm³/mol. The third kappa shape index (κ3) is 25.8. The normalized spacial score (nSPS) is 12.5. The third-order valence-corrected chi connectivity index (χ3v) is 18.4. The summed E-state index contributed by atoms with van der Waals surface area (Å²) in [5.74, 6) is 1.85. The molecule has 0 aliphatic carbocycles. The van der Waals surface area contributed by atoms with Crippen molar-refractivity contribution in [3.05, 3.63) is 0 Å². The zero-order valence-electron chi connectivity index (χ0n) is 33.6. The lowest BCUT2D eigenvalue weighted by Crippen LogP contribution is -2.56. The Kier molecular flexibility index (Phi) is 35.3. The van der Waals surface area contributed by atoms with Crippen molar-refractivity contribution >= 4 is 72.8 Å². The molecule has 0 aliphatic heterocycles. The lowest BCUT2D eigenvalue weighted by atomic mass is 10.1. The highest BCUT2D eigenvalue weighted by Gasteiger charge is 2.53. The van der Waals surface area contributed by atoms with E-state index in [1.54, 1.807) is 0 Å². The Morgan fingerprint density at radius 3 is 1.12 bits per heavy atom. The van der Waals surface area contributed by atoms with Crippen molar-refractivity contribution in [2.24, 2.45) is 0 Å². The highest BCUT2D eigenvalue weighted by atomic mass is 32.2. The summed E-state index contributed by atoms with van der Waals surface area (Å²) in [6, 6.07) is 1.28. The lowest BCUT2D eigenvalue weighted by molar-refractivity contribution is -0.273. The SMILES string of the molecule is CCCCCCCC(=O)SCCC[Si](OCC)(OCC)OO[Si](CCCS)(OCC)OO[Si](CCCSC(=O)CCCCCCC)(OCC)OCC. The van der Waals surface area contributed by atoms with Gasteiger partial charge in [0.15, 0.2) is 10.2 Å². The summed E-state index contributed by atoms with van der Waals surface area (Å²) in [5.41, 5.74) is 0. The van der Waals surface area contributed by atoms with Crippen LogP contribution in [0.1, 0.15) is 145 Å². The smallest absolute Gasteiger partial charge is 0.373 e. The second kappa shape index (κ2) is 34.9. The van der Waals surface area contributed by atoms with Gasteiger partial charge in [-0.05, 0) is 72.5 Å². The molecule has 0 spiro atoms. The van der Waals surface area contributed by atoms with Crippen molar-refractivity contribution < 1.29 is 50.0 Å². The topological polar surface area (TPSA) is 117 Å². The minimum absolute atomic E-state index is 0.216. The first-order valence-corrected chi connectivity index (χ1v) is 28.4. The van der Waals surface area contributed by atoms with E-state index in [-0.39, 0.29) is 16.8 Å².